The summed E-state index contributed by atoms with van der Waals surface area (Å²) >= 11 is 10.9. The van der Waals surface area contributed by atoms with E-state index < -0.39 is 5.97 Å². The van der Waals surface area contributed by atoms with Gasteiger partial charge in [0, 0.05) is 16.8 Å². The van der Waals surface area contributed by atoms with E-state index in [-0.39, 0.29) is 21.6 Å². The summed E-state index contributed by atoms with van der Waals surface area (Å²) in [5.74, 6) is -1.71. The van der Waals surface area contributed by atoms with Crippen LogP contribution in [0.5, 0.6) is 0 Å². The second kappa shape index (κ2) is 7.21. The minimum atomic E-state index is -1.36. The number of carboxylic acids is 1. The average Bonchev–Trinajstić information content (AvgIpc) is 2.47. The Bertz CT molecular complexity index is 775. The number of rotatable bonds is 3. The first-order valence-corrected chi connectivity index (χ1v) is 7.35. The summed E-state index contributed by atoms with van der Waals surface area (Å²) in [4.78, 5) is 22.8. The van der Waals surface area contributed by atoms with Crippen molar-refractivity contribution in [1.82, 2.24) is 5.32 Å². The lowest BCUT2D eigenvalue weighted by molar-refractivity contribution is -0.255. The van der Waals surface area contributed by atoms with E-state index in [1.54, 1.807) is 12.1 Å². The second-order valence-corrected chi connectivity index (χ2v) is 5.57. The fourth-order valence-corrected chi connectivity index (χ4v) is 2.27. The topological polar surface area (TPSA) is 81.3 Å². The molecule has 0 aromatic heterocycles. The van der Waals surface area contributed by atoms with Crippen molar-refractivity contribution in [3.05, 3.63) is 64.2 Å². The fourth-order valence-electron chi connectivity index (χ4n) is 1.80. The molecule has 0 heterocycles. The van der Waals surface area contributed by atoms with Crippen molar-refractivity contribution < 1.29 is 14.7 Å². The summed E-state index contributed by atoms with van der Waals surface area (Å²) in [5, 5.41) is 16.2. The molecule has 0 spiro atoms. The third-order valence-electron chi connectivity index (χ3n) is 2.99. The van der Waals surface area contributed by atoms with E-state index >= 15 is 0 Å². The Morgan fingerprint density at radius 3 is 2.35 bits per heavy atom. The van der Waals surface area contributed by atoms with Gasteiger partial charge < -0.3 is 15.2 Å². The first kappa shape index (κ1) is 16.9. The van der Waals surface area contributed by atoms with Crippen LogP contribution in [0.25, 0.3) is 0 Å². The van der Waals surface area contributed by atoms with E-state index in [4.69, 9.17) is 23.8 Å². The Balaban J connectivity index is 2.02. The molecule has 0 aliphatic heterocycles. The monoisotopic (exact) mass is 347 g/mol. The molecule has 5 nitrogen and oxygen atoms in total. The number of thiocarbonyl (C=S) groups is 1. The van der Waals surface area contributed by atoms with Crippen LogP contribution in [0.15, 0.2) is 42.5 Å². The molecule has 1 amide bonds. The summed E-state index contributed by atoms with van der Waals surface area (Å²) in [6.07, 6.45) is 0. The van der Waals surface area contributed by atoms with Gasteiger partial charge in [-0.25, -0.2) is 0 Å². The fraction of sp³-hybridized carbons (Fsp3) is 0.0625. The van der Waals surface area contributed by atoms with Crippen LogP contribution >= 0.6 is 23.8 Å². The normalized spacial score (nSPS) is 10.0. The quantitative estimate of drug-likeness (QED) is 0.831. The molecular formula is C16H12ClN2O3S-. The zero-order valence-electron chi connectivity index (χ0n) is 12.1. The highest BCUT2D eigenvalue weighted by atomic mass is 35.5. The smallest absolute Gasteiger partial charge is 0.257 e. The third-order valence-corrected chi connectivity index (χ3v) is 3.50. The van der Waals surface area contributed by atoms with Gasteiger partial charge in [-0.3, -0.25) is 10.1 Å². The van der Waals surface area contributed by atoms with E-state index in [0.29, 0.717) is 11.3 Å². The zero-order valence-corrected chi connectivity index (χ0v) is 13.6. The third kappa shape index (κ3) is 4.51. The first-order valence-electron chi connectivity index (χ1n) is 6.56. The number of aromatic carboxylic acids is 1. The highest BCUT2D eigenvalue weighted by Gasteiger charge is 2.09. The molecule has 2 aromatic rings. The Hall–Kier alpha value is -2.44. The van der Waals surface area contributed by atoms with Crippen molar-refractivity contribution in [2.24, 2.45) is 0 Å². The molecule has 2 aromatic carbocycles. The SMILES string of the molecule is Cc1ccc(C(=O)NC(=S)Nc2ccc(C(=O)[O-])c(Cl)c2)cc1. The molecule has 0 radical (unpaired) electrons. The molecule has 0 aliphatic rings. The molecule has 0 saturated heterocycles. The van der Waals surface area contributed by atoms with Crippen LogP contribution < -0.4 is 15.7 Å². The van der Waals surface area contributed by atoms with Crippen molar-refractivity contribution in [2.75, 3.05) is 5.32 Å². The number of carbonyl (C=O) groups is 2. The van der Waals surface area contributed by atoms with E-state index in [1.807, 2.05) is 19.1 Å². The summed E-state index contributed by atoms with van der Waals surface area (Å²) in [5.41, 5.74) is 1.86. The maximum absolute atomic E-state index is 12.0. The maximum atomic E-state index is 12.0. The number of hydrogen-bond acceptors (Lipinski definition) is 4. The van der Waals surface area contributed by atoms with Crippen LogP contribution in [0.4, 0.5) is 5.69 Å². The number of halogens is 1. The van der Waals surface area contributed by atoms with E-state index in [9.17, 15) is 14.7 Å². The van der Waals surface area contributed by atoms with Gasteiger partial charge in [-0.1, -0.05) is 29.3 Å². The average molecular weight is 348 g/mol. The van der Waals surface area contributed by atoms with Crippen molar-refractivity contribution in [2.45, 2.75) is 6.92 Å². The number of aryl methyl sites for hydroxylation is 1. The summed E-state index contributed by atoms with van der Waals surface area (Å²) in [6.45, 7) is 1.92. The summed E-state index contributed by atoms with van der Waals surface area (Å²) in [7, 11) is 0. The van der Waals surface area contributed by atoms with Gasteiger partial charge in [0.2, 0.25) is 0 Å². The highest BCUT2D eigenvalue weighted by Crippen LogP contribution is 2.20. The van der Waals surface area contributed by atoms with Crippen molar-refractivity contribution in [3.63, 3.8) is 0 Å². The van der Waals surface area contributed by atoms with Gasteiger partial charge >= 0.3 is 0 Å². The zero-order chi connectivity index (χ0) is 17.0. The van der Waals surface area contributed by atoms with Crippen LogP contribution in [-0.2, 0) is 0 Å². The van der Waals surface area contributed by atoms with Crippen LogP contribution in [0.1, 0.15) is 26.3 Å². The molecular weight excluding hydrogens is 336 g/mol. The predicted molar refractivity (Wildman–Crippen MR) is 90.6 cm³/mol. The molecule has 0 aliphatic carbocycles. The standard InChI is InChI=1S/C16H13ClN2O3S/c1-9-2-4-10(5-3-9)14(20)19-16(23)18-11-6-7-12(15(21)22)13(17)8-11/h2-8H,1H3,(H,21,22)(H2,18,19,20,23)/p-1. The van der Waals surface area contributed by atoms with Gasteiger partial charge in [-0.05, 0) is 49.5 Å². The van der Waals surface area contributed by atoms with E-state index in [0.717, 1.165) is 5.56 Å². The van der Waals surface area contributed by atoms with Crippen molar-refractivity contribution in [3.8, 4) is 0 Å². The number of benzene rings is 2. The number of carboxylic acid groups (broad SMARTS) is 1. The minimum Gasteiger partial charge on any atom is -0.545 e. The van der Waals surface area contributed by atoms with Crippen LogP contribution in [0.3, 0.4) is 0 Å². The highest BCUT2D eigenvalue weighted by molar-refractivity contribution is 7.80. The largest absolute Gasteiger partial charge is 0.545 e. The number of hydrogen-bond donors (Lipinski definition) is 2. The number of carbonyl (C=O) groups excluding carboxylic acids is 2. The predicted octanol–water partition coefficient (Wildman–Crippen LogP) is 2.14. The Kier molecular flexibility index (Phi) is 5.31. The molecule has 7 heteroatoms. The molecule has 0 saturated carbocycles. The van der Waals surface area contributed by atoms with Gasteiger partial charge in [0.15, 0.2) is 5.11 Å². The van der Waals surface area contributed by atoms with Gasteiger partial charge in [-0.2, -0.15) is 0 Å². The Morgan fingerprint density at radius 2 is 1.78 bits per heavy atom. The molecule has 118 valence electrons. The van der Waals surface area contributed by atoms with E-state index in [2.05, 4.69) is 10.6 Å². The van der Waals surface area contributed by atoms with Gasteiger partial charge in [0.1, 0.15) is 0 Å². The Labute approximate surface area is 143 Å². The van der Waals surface area contributed by atoms with Crippen molar-refractivity contribution in [1.29, 1.82) is 0 Å². The summed E-state index contributed by atoms with van der Waals surface area (Å²) in [6, 6.07) is 11.2. The lowest BCUT2D eigenvalue weighted by Gasteiger charge is -2.12. The molecule has 0 bridgehead atoms. The molecule has 2 N–H and O–H groups in total. The van der Waals surface area contributed by atoms with Crippen molar-refractivity contribution >= 4 is 46.5 Å². The number of amides is 1. The lowest BCUT2D eigenvalue weighted by atomic mass is 10.1. The van der Waals surface area contributed by atoms with Crippen LogP contribution in [-0.4, -0.2) is 17.0 Å². The lowest BCUT2D eigenvalue weighted by Crippen LogP contribution is -2.34. The van der Waals surface area contributed by atoms with Crippen LogP contribution in [0, 0.1) is 6.92 Å². The molecule has 0 fully saturated rings. The van der Waals surface area contributed by atoms with E-state index in [1.165, 1.54) is 18.2 Å². The second-order valence-electron chi connectivity index (χ2n) is 4.76. The minimum absolute atomic E-state index is 0.0164. The molecule has 0 unspecified atom stereocenters. The van der Waals surface area contributed by atoms with Gasteiger partial charge in [-0.15, -0.1) is 0 Å². The van der Waals surface area contributed by atoms with Gasteiger partial charge in [0.25, 0.3) is 5.91 Å². The maximum Gasteiger partial charge on any atom is 0.257 e. The number of anilines is 1. The Morgan fingerprint density at radius 1 is 1.13 bits per heavy atom. The molecule has 0 atom stereocenters. The first-order chi connectivity index (χ1) is 10.9. The van der Waals surface area contributed by atoms with Crippen LogP contribution in [0.2, 0.25) is 5.02 Å². The van der Waals surface area contributed by atoms with Gasteiger partial charge in [0.05, 0.1) is 11.0 Å². The molecule has 2 rings (SSSR count). The molecule has 23 heavy (non-hydrogen) atoms. The summed E-state index contributed by atoms with van der Waals surface area (Å²) < 4.78 is 0. The number of nitrogens with one attached hydrogen (secondary N) is 2.